The van der Waals surface area contributed by atoms with Crippen LogP contribution in [0.3, 0.4) is 0 Å². The van der Waals surface area contributed by atoms with Gasteiger partial charge in [-0.2, -0.15) is 0 Å². The number of ether oxygens (including phenoxy) is 1. The van der Waals surface area contributed by atoms with Gasteiger partial charge in [0.2, 0.25) is 5.76 Å². The molecule has 0 aliphatic carbocycles. The Hall–Kier alpha value is -1.49. The molecule has 5 nitrogen and oxygen atoms in total. The normalized spacial score (nSPS) is 10.3. The lowest BCUT2D eigenvalue weighted by Gasteiger charge is -2.14. The average molecular weight is 213 g/mol. The van der Waals surface area contributed by atoms with E-state index in [4.69, 9.17) is 14.3 Å². The first-order valence-electron chi connectivity index (χ1n) is 4.68. The summed E-state index contributed by atoms with van der Waals surface area (Å²) in [6, 6.07) is 3.10. The zero-order chi connectivity index (χ0) is 11.3. The predicted molar refractivity (Wildman–Crippen MR) is 55.4 cm³/mol. The minimum Gasteiger partial charge on any atom is -0.475 e. The van der Waals surface area contributed by atoms with Gasteiger partial charge < -0.3 is 19.2 Å². The van der Waals surface area contributed by atoms with Gasteiger partial charge in [-0.3, -0.25) is 0 Å². The van der Waals surface area contributed by atoms with Gasteiger partial charge in [0.15, 0.2) is 5.88 Å². The molecule has 1 aromatic rings. The summed E-state index contributed by atoms with van der Waals surface area (Å²) in [4.78, 5) is 12.4. The van der Waals surface area contributed by atoms with Crippen molar-refractivity contribution in [1.29, 1.82) is 0 Å². The number of furan rings is 1. The topological polar surface area (TPSA) is 62.9 Å². The molecule has 0 amide bonds. The number of rotatable bonds is 6. The molecule has 0 fully saturated rings. The Morgan fingerprint density at radius 1 is 1.60 bits per heavy atom. The number of anilines is 1. The van der Waals surface area contributed by atoms with E-state index >= 15 is 0 Å². The molecule has 15 heavy (non-hydrogen) atoms. The highest BCUT2D eigenvalue weighted by atomic mass is 16.5. The van der Waals surface area contributed by atoms with Crippen molar-refractivity contribution in [2.75, 3.05) is 32.2 Å². The van der Waals surface area contributed by atoms with Crippen LogP contribution in [0.4, 0.5) is 5.88 Å². The quantitative estimate of drug-likeness (QED) is 0.724. The van der Waals surface area contributed by atoms with Gasteiger partial charge in [0.05, 0.1) is 0 Å². The second kappa shape index (κ2) is 5.41. The number of hydrogen-bond acceptors (Lipinski definition) is 4. The van der Waals surface area contributed by atoms with Crippen LogP contribution in [0.25, 0.3) is 0 Å². The van der Waals surface area contributed by atoms with Crippen LogP contribution in [0.15, 0.2) is 16.5 Å². The van der Waals surface area contributed by atoms with Crippen molar-refractivity contribution in [3.8, 4) is 0 Å². The molecule has 1 heterocycles. The van der Waals surface area contributed by atoms with Crippen LogP contribution in [0.1, 0.15) is 17.0 Å². The van der Waals surface area contributed by atoms with Gasteiger partial charge in [-0.15, -0.1) is 0 Å². The van der Waals surface area contributed by atoms with Crippen LogP contribution in [-0.4, -0.2) is 38.4 Å². The van der Waals surface area contributed by atoms with E-state index in [1.54, 1.807) is 13.2 Å². The van der Waals surface area contributed by atoms with Gasteiger partial charge >= 0.3 is 5.97 Å². The Balaban J connectivity index is 2.50. The second-order valence-electron chi connectivity index (χ2n) is 3.21. The van der Waals surface area contributed by atoms with E-state index in [1.165, 1.54) is 6.07 Å². The van der Waals surface area contributed by atoms with Crippen molar-refractivity contribution >= 4 is 11.9 Å². The predicted octanol–water partition coefficient (Wildman–Crippen LogP) is 1.45. The van der Waals surface area contributed by atoms with Gasteiger partial charge in [-0.1, -0.05) is 0 Å². The molecule has 0 aromatic carbocycles. The molecule has 1 rings (SSSR count). The lowest BCUT2D eigenvalue weighted by molar-refractivity contribution is 0.0663. The van der Waals surface area contributed by atoms with Gasteiger partial charge in [0, 0.05) is 33.4 Å². The standard InChI is InChI=1S/C10H15NO4/c1-11(6-3-7-14-2)9-5-4-8(15-9)10(12)13/h4-5H,3,6-7H2,1-2H3,(H,12,13). The third-order valence-electron chi connectivity index (χ3n) is 2.02. The molecule has 1 N–H and O–H groups in total. The highest BCUT2D eigenvalue weighted by molar-refractivity contribution is 5.84. The summed E-state index contributed by atoms with van der Waals surface area (Å²) in [6.45, 7) is 1.44. The highest BCUT2D eigenvalue weighted by Gasteiger charge is 2.11. The maximum absolute atomic E-state index is 10.6. The summed E-state index contributed by atoms with van der Waals surface area (Å²) in [7, 11) is 3.50. The Kier molecular flexibility index (Phi) is 4.17. The molecule has 84 valence electrons. The summed E-state index contributed by atoms with van der Waals surface area (Å²) < 4.78 is 10.0. The minimum atomic E-state index is -1.05. The van der Waals surface area contributed by atoms with Crippen LogP contribution in [0.2, 0.25) is 0 Å². The first-order chi connectivity index (χ1) is 7.15. The van der Waals surface area contributed by atoms with Crippen molar-refractivity contribution < 1.29 is 19.1 Å². The molecule has 0 saturated carbocycles. The van der Waals surface area contributed by atoms with E-state index in [2.05, 4.69) is 0 Å². The largest absolute Gasteiger partial charge is 0.475 e. The van der Waals surface area contributed by atoms with E-state index in [9.17, 15) is 4.79 Å². The maximum Gasteiger partial charge on any atom is 0.371 e. The van der Waals surface area contributed by atoms with Gasteiger partial charge in [-0.25, -0.2) is 4.79 Å². The molecule has 0 unspecified atom stereocenters. The molecule has 0 aliphatic heterocycles. The number of aromatic carboxylic acids is 1. The van der Waals surface area contributed by atoms with Crippen LogP contribution in [0.5, 0.6) is 0 Å². The van der Waals surface area contributed by atoms with E-state index in [1.807, 2.05) is 11.9 Å². The second-order valence-corrected chi connectivity index (χ2v) is 3.21. The molecule has 0 aliphatic rings. The summed E-state index contributed by atoms with van der Waals surface area (Å²) >= 11 is 0. The Morgan fingerprint density at radius 2 is 2.33 bits per heavy atom. The first kappa shape index (κ1) is 11.6. The third-order valence-corrected chi connectivity index (χ3v) is 2.02. The number of carboxylic acids is 1. The van der Waals surface area contributed by atoms with E-state index in [-0.39, 0.29) is 5.76 Å². The molecule has 0 saturated heterocycles. The van der Waals surface area contributed by atoms with Gasteiger partial charge in [-0.05, 0) is 12.5 Å². The number of nitrogens with zero attached hydrogens (tertiary/aromatic N) is 1. The molecule has 1 aromatic heterocycles. The van der Waals surface area contributed by atoms with Crippen molar-refractivity contribution in [1.82, 2.24) is 0 Å². The van der Waals surface area contributed by atoms with Crippen molar-refractivity contribution in [3.63, 3.8) is 0 Å². The molecule has 0 bridgehead atoms. The van der Waals surface area contributed by atoms with Gasteiger partial charge in [0.1, 0.15) is 0 Å². The number of carbonyl (C=O) groups is 1. The monoisotopic (exact) mass is 213 g/mol. The van der Waals surface area contributed by atoms with Crippen LogP contribution in [-0.2, 0) is 4.74 Å². The Bertz CT molecular complexity index is 321. The zero-order valence-electron chi connectivity index (χ0n) is 8.90. The summed E-state index contributed by atoms with van der Waals surface area (Å²) in [5.41, 5.74) is 0. The fourth-order valence-electron chi connectivity index (χ4n) is 1.20. The third kappa shape index (κ3) is 3.28. The lowest BCUT2D eigenvalue weighted by Crippen LogP contribution is -2.19. The number of carboxylic acid groups (broad SMARTS) is 1. The number of hydrogen-bond donors (Lipinski definition) is 1. The molecule has 0 radical (unpaired) electrons. The molecular weight excluding hydrogens is 198 g/mol. The van der Waals surface area contributed by atoms with Crippen LogP contribution in [0, 0.1) is 0 Å². The average Bonchev–Trinajstić information content (AvgIpc) is 2.66. The van der Waals surface area contributed by atoms with Crippen molar-refractivity contribution in [3.05, 3.63) is 17.9 Å². The first-order valence-corrected chi connectivity index (χ1v) is 4.68. The molecule has 5 heteroatoms. The zero-order valence-corrected chi connectivity index (χ0v) is 8.90. The SMILES string of the molecule is COCCCN(C)c1ccc(C(=O)O)o1. The summed E-state index contributed by atoms with van der Waals surface area (Å²) in [6.07, 6.45) is 0.871. The molecular formula is C10H15NO4. The minimum absolute atomic E-state index is 0.0383. The lowest BCUT2D eigenvalue weighted by atomic mass is 10.4. The maximum atomic E-state index is 10.6. The van der Waals surface area contributed by atoms with E-state index < -0.39 is 5.97 Å². The van der Waals surface area contributed by atoms with Crippen LogP contribution >= 0.6 is 0 Å². The molecule has 0 spiro atoms. The van der Waals surface area contributed by atoms with E-state index in [0.29, 0.717) is 12.5 Å². The van der Waals surface area contributed by atoms with Gasteiger partial charge in [0.25, 0.3) is 0 Å². The smallest absolute Gasteiger partial charge is 0.371 e. The number of methoxy groups -OCH3 is 1. The van der Waals surface area contributed by atoms with Crippen molar-refractivity contribution in [2.45, 2.75) is 6.42 Å². The highest BCUT2D eigenvalue weighted by Crippen LogP contribution is 2.17. The summed E-state index contributed by atoms with van der Waals surface area (Å²) in [5.74, 6) is -0.529. The van der Waals surface area contributed by atoms with E-state index in [0.717, 1.165) is 13.0 Å². The Labute approximate surface area is 88.2 Å². The Morgan fingerprint density at radius 3 is 2.87 bits per heavy atom. The fourth-order valence-corrected chi connectivity index (χ4v) is 1.20. The van der Waals surface area contributed by atoms with Crippen molar-refractivity contribution in [2.24, 2.45) is 0 Å². The fraction of sp³-hybridized carbons (Fsp3) is 0.500. The summed E-state index contributed by atoms with van der Waals surface area (Å²) in [5, 5.41) is 8.66. The van der Waals surface area contributed by atoms with Crippen LogP contribution < -0.4 is 4.90 Å². The molecule has 0 atom stereocenters.